The Bertz CT molecular complexity index is 670. The van der Waals surface area contributed by atoms with Crippen molar-refractivity contribution in [2.24, 2.45) is 0 Å². The molecule has 0 saturated heterocycles. The van der Waals surface area contributed by atoms with E-state index < -0.39 is 23.8 Å². The Balaban J connectivity index is 3.02. The Morgan fingerprint density at radius 1 is 1.10 bits per heavy atom. The molecule has 0 aromatic heterocycles. The Kier molecular flexibility index (Phi) is 9.65. The van der Waals surface area contributed by atoms with Crippen molar-refractivity contribution in [1.29, 1.82) is 0 Å². The van der Waals surface area contributed by atoms with Crippen LogP contribution in [0, 0.1) is 0 Å². The SMILES string of the molecule is CCCCNC(=O)C(c1ccccc1)N(CC)C(=O)C(C)NC(=O)OC(C)(C)C. The van der Waals surface area contributed by atoms with Gasteiger partial charge in [0.05, 0.1) is 0 Å². The van der Waals surface area contributed by atoms with Crippen molar-refractivity contribution in [1.82, 2.24) is 15.5 Å². The van der Waals surface area contributed by atoms with Gasteiger partial charge in [-0.1, -0.05) is 43.7 Å². The summed E-state index contributed by atoms with van der Waals surface area (Å²) in [6.07, 6.45) is 1.16. The number of benzene rings is 1. The molecule has 1 aromatic rings. The zero-order chi connectivity index (χ0) is 22.0. The van der Waals surface area contributed by atoms with Crippen LogP contribution in [0.15, 0.2) is 30.3 Å². The van der Waals surface area contributed by atoms with Gasteiger partial charge in [-0.15, -0.1) is 0 Å². The second-order valence-corrected chi connectivity index (χ2v) is 7.95. The fourth-order valence-corrected chi connectivity index (χ4v) is 2.85. The summed E-state index contributed by atoms with van der Waals surface area (Å²) in [7, 11) is 0. The molecule has 29 heavy (non-hydrogen) atoms. The lowest BCUT2D eigenvalue weighted by Gasteiger charge is -2.32. The number of alkyl carbamates (subject to hydrolysis) is 1. The van der Waals surface area contributed by atoms with E-state index in [0.29, 0.717) is 13.1 Å². The number of amides is 3. The fourth-order valence-electron chi connectivity index (χ4n) is 2.85. The van der Waals surface area contributed by atoms with E-state index >= 15 is 0 Å². The monoisotopic (exact) mass is 405 g/mol. The summed E-state index contributed by atoms with van der Waals surface area (Å²) in [5.41, 5.74) is 0.0596. The summed E-state index contributed by atoms with van der Waals surface area (Å²) in [5.74, 6) is -0.581. The number of nitrogens with one attached hydrogen (secondary N) is 2. The maximum Gasteiger partial charge on any atom is 0.408 e. The van der Waals surface area contributed by atoms with E-state index in [-0.39, 0.29) is 11.8 Å². The lowest BCUT2D eigenvalue weighted by atomic mass is 10.0. The predicted octanol–water partition coefficient (Wildman–Crippen LogP) is 3.41. The van der Waals surface area contributed by atoms with Gasteiger partial charge in [0.2, 0.25) is 11.8 Å². The summed E-state index contributed by atoms with van der Waals surface area (Å²) in [4.78, 5) is 39.6. The van der Waals surface area contributed by atoms with Gasteiger partial charge >= 0.3 is 6.09 Å². The molecule has 0 aliphatic rings. The molecular formula is C22H35N3O4. The van der Waals surface area contributed by atoms with Crippen LogP contribution >= 0.6 is 0 Å². The van der Waals surface area contributed by atoms with Crippen molar-refractivity contribution in [3.63, 3.8) is 0 Å². The molecule has 0 radical (unpaired) electrons. The molecule has 1 aromatic carbocycles. The van der Waals surface area contributed by atoms with Crippen LogP contribution in [0.25, 0.3) is 0 Å². The van der Waals surface area contributed by atoms with Gasteiger partial charge in [-0.2, -0.15) is 0 Å². The average Bonchev–Trinajstić information content (AvgIpc) is 2.64. The van der Waals surface area contributed by atoms with E-state index in [4.69, 9.17) is 4.74 Å². The number of carbonyl (C=O) groups excluding carboxylic acids is 3. The van der Waals surface area contributed by atoms with Crippen LogP contribution in [-0.4, -0.2) is 47.5 Å². The lowest BCUT2D eigenvalue weighted by Crippen LogP contribution is -2.51. The number of likely N-dealkylation sites (N-methyl/N-ethyl adjacent to an activating group) is 1. The van der Waals surface area contributed by atoms with Gasteiger partial charge in [-0.05, 0) is 46.6 Å². The lowest BCUT2D eigenvalue weighted by molar-refractivity contribution is -0.141. The standard InChI is InChI=1S/C22H35N3O4/c1-7-9-15-23-19(26)18(17-13-11-10-12-14-17)25(8-2)20(27)16(3)24-21(28)29-22(4,5)6/h10-14,16,18H,7-9,15H2,1-6H3,(H,23,26)(H,24,28). The topological polar surface area (TPSA) is 87.7 Å². The van der Waals surface area contributed by atoms with Crippen molar-refractivity contribution in [2.45, 2.75) is 72.1 Å². The van der Waals surface area contributed by atoms with Gasteiger partial charge in [0, 0.05) is 13.1 Å². The van der Waals surface area contributed by atoms with Gasteiger partial charge in [0.25, 0.3) is 0 Å². The van der Waals surface area contributed by atoms with Crippen LogP contribution in [0.5, 0.6) is 0 Å². The minimum atomic E-state index is -0.834. The molecule has 0 heterocycles. The summed E-state index contributed by atoms with van der Waals surface area (Å²) in [6, 6.07) is 7.58. The Labute approximate surface area is 174 Å². The number of nitrogens with zero attached hydrogens (tertiary/aromatic N) is 1. The van der Waals surface area contributed by atoms with Crippen LogP contribution in [0.4, 0.5) is 4.79 Å². The molecular weight excluding hydrogens is 370 g/mol. The molecule has 2 N–H and O–H groups in total. The fraction of sp³-hybridized carbons (Fsp3) is 0.591. The van der Waals surface area contributed by atoms with Gasteiger partial charge < -0.3 is 20.3 Å². The molecule has 162 valence electrons. The van der Waals surface area contributed by atoms with Crippen molar-refractivity contribution in [3.8, 4) is 0 Å². The van der Waals surface area contributed by atoms with Gasteiger partial charge in [0.1, 0.15) is 17.7 Å². The van der Waals surface area contributed by atoms with E-state index in [2.05, 4.69) is 10.6 Å². The first kappa shape index (κ1) is 24.5. The van der Waals surface area contributed by atoms with Gasteiger partial charge in [0.15, 0.2) is 0 Å². The van der Waals surface area contributed by atoms with Crippen LogP contribution in [-0.2, 0) is 14.3 Å². The normalized spacial score (nSPS) is 13.2. The zero-order valence-corrected chi connectivity index (χ0v) is 18.5. The van der Waals surface area contributed by atoms with Crippen molar-refractivity contribution in [2.75, 3.05) is 13.1 Å². The number of hydrogen-bond acceptors (Lipinski definition) is 4. The van der Waals surface area contributed by atoms with E-state index in [0.717, 1.165) is 18.4 Å². The largest absolute Gasteiger partial charge is 0.444 e. The van der Waals surface area contributed by atoms with Gasteiger partial charge in [-0.3, -0.25) is 9.59 Å². The molecule has 7 nitrogen and oxygen atoms in total. The van der Waals surface area contributed by atoms with E-state index in [1.54, 1.807) is 27.7 Å². The second kappa shape index (κ2) is 11.4. The van der Waals surface area contributed by atoms with E-state index in [1.165, 1.54) is 4.90 Å². The first-order valence-corrected chi connectivity index (χ1v) is 10.2. The minimum absolute atomic E-state index is 0.232. The molecule has 7 heteroatoms. The molecule has 0 aliphatic carbocycles. The highest BCUT2D eigenvalue weighted by Gasteiger charge is 2.33. The van der Waals surface area contributed by atoms with Crippen LogP contribution in [0.3, 0.4) is 0 Å². The third kappa shape index (κ3) is 8.13. The van der Waals surface area contributed by atoms with E-state index in [9.17, 15) is 14.4 Å². The van der Waals surface area contributed by atoms with Crippen LogP contribution < -0.4 is 10.6 Å². The Hall–Kier alpha value is -2.57. The van der Waals surface area contributed by atoms with Crippen molar-refractivity contribution < 1.29 is 19.1 Å². The van der Waals surface area contributed by atoms with Crippen LogP contribution in [0.1, 0.15) is 66.0 Å². The molecule has 2 unspecified atom stereocenters. The average molecular weight is 406 g/mol. The molecule has 0 fully saturated rings. The highest BCUT2D eigenvalue weighted by molar-refractivity contribution is 5.91. The molecule has 0 spiro atoms. The number of unbranched alkanes of at least 4 members (excludes halogenated alkanes) is 1. The molecule has 3 amide bonds. The predicted molar refractivity (Wildman–Crippen MR) is 113 cm³/mol. The quantitative estimate of drug-likeness (QED) is 0.616. The maximum absolute atomic E-state index is 13.1. The van der Waals surface area contributed by atoms with Crippen LogP contribution in [0.2, 0.25) is 0 Å². The number of hydrogen-bond donors (Lipinski definition) is 2. The third-order valence-corrected chi connectivity index (χ3v) is 4.23. The summed E-state index contributed by atoms with van der Waals surface area (Å²) in [5, 5.41) is 5.48. The zero-order valence-electron chi connectivity index (χ0n) is 18.5. The first-order chi connectivity index (χ1) is 13.6. The summed E-state index contributed by atoms with van der Waals surface area (Å²) >= 11 is 0. The molecule has 0 saturated carbocycles. The smallest absolute Gasteiger partial charge is 0.408 e. The molecule has 1 rings (SSSR count). The van der Waals surface area contributed by atoms with Gasteiger partial charge in [-0.25, -0.2) is 4.79 Å². The second-order valence-electron chi connectivity index (χ2n) is 7.95. The molecule has 2 atom stereocenters. The number of rotatable bonds is 9. The molecule has 0 bridgehead atoms. The van der Waals surface area contributed by atoms with Crippen molar-refractivity contribution in [3.05, 3.63) is 35.9 Å². The third-order valence-electron chi connectivity index (χ3n) is 4.23. The number of carbonyl (C=O) groups is 3. The van der Waals surface area contributed by atoms with Crippen molar-refractivity contribution >= 4 is 17.9 Å². The number of ether oxygens (including phenoxy) is 1. The molecule has 0 aliphatic heterocycles. The Morgan fingerprint density at radius 3 is 2.24 bits per heavy atom. The maximum atomic E-state index is 13.1. The highest BCUT2D eigenvalue weighted by Crippen LogP contribution is 2.22. The van der Waals surface area contributed by atoms with E-state index in [1.807, 2.05) is 44.2 Å². The summed E-state index contributed by atoms with van der Waals surface area (Å²) in [6.45, 7) is 11.6. The first-order valence-electron chi connectivity index (χ1n) is 10.2. The highest BCUT2D eigenvalue weighted by atomic mass is 16.6. The Morgan fingerprint density at radius 2 is 1.72 bits per heavy atom. The minimum Gasteiger partial charge on any atom is -0.444 e. The summed E-state index contributed by atoms with van der Waals surface area (Å²) < 4.78 is 5.23.